The van der Waals surface area contributed by atoms with Crippen LogP contribution in [-0.4, -0.2) is 37.1 Å². The molecular weight excluding hydrogens is 285 g/mol. The Labute approximate surface area is 134 Å². The summed E-state index contributed by atoms with van der Waals surface area (Å²) in [5.41, 5.74) is 0. The summed E-state index contributed by atoms with van der Waals surface area (Å²) >= 11 is 0. The molecule has 0 amide bonds. The van der Waals surface area contributed by atoms with Crippen LogP contribution in [0.1, 0.15) is 59.8 Å². The van der Waals surface area contributed by atoms with Crippen molar-refractivity contribution in [2.24, 2.45) is 0 Å². The summed E-state index contributed by atoms with van der Waals surface area (Å²) < 4.78 is 0. The minimum Gasteiger partial charge on any atom is -0.660 e. The van der Waals surface area contributed by atoms with Crippen LogP contribution in [0.25, 0.3) is 5.32 Å². The van der Waals surface area contributed by atoms with E-state index in [2.05, 4.69) is 10.2 Å². The van der Waals surface area contributed by atoms with E-state index in [0.717, 1.165) is 19.1 Å². The van der Waals surface area contributed by atoms with Crippen LogP contribution in [0.2, 0.25) is 0 Å². The van der Waals surface area contributed by atoms with E-state index in [1.54, 1.807) is 0 Å². The Balaban J connectivity index is 0. The predicted octanol–water partition coefficient (Wildman–Crippen LogP) is 4.06. The fourth-order valence-corrected chi connectivity index (χ4v) is 2.43. The van der Waals surface area contributed by atoms with Crippen LogP contribution in [0.4, 0.5) is 0 Å². The zero-order valence-electron chi connectivity index (χ0n) is 12.4. The molecule has 2 fully saturated rings. The van der Waals surface area contributed by atoms with E-state index in [1.165, 1.54) is 45.2 Å². The molecule has 1 saturated heterocycles. The van der Waals surface area contributed by atoms with Crippen LogP contribution in [-0.2, 0) is 32.7 Å². The van der Waals surface area contributed by atoms with Gasteiger partial charge in [0.2, 0.25) is 0 Å². The average molecular weight is 316 g/mol. The monoisotopic (exact) mass is 316 g/mol. The fourth-order valence-electron chi connectivity index (χ4n) is 2.43. The SMILES string of the molecule is C1CCC(N2CC[N-]CC2)CC1.CC.CC.[Y]. The molecule has 2 nitrogen and oxygen atoms in total. The molecule has 1 aliphatic heterocycles. The van der Waals surface area contributed by atoms with Crippen molar-refractivity contribution < 1.29 is 32.7 Å². The maximum Gasteiger partial charge on any atom is 0.00938 e. The van der Waals surface area contributed by atoms with Crippen LogP contribution in [0.15, 0.2) is 0 Å². The molecule has 0 bridgehead atoms. The summed E-state index contributed by atoms with van der Waals surface area (Å²) in [5, 5.41) is 4.38. The van der Waals surface area contributed by atoms with Crippen molar-refractivity contribution in [1.82, 2.24) is 4.90 Å². The minimum atomic E-state index is 0. The van der Waals surface area contributed by atoms with Gasteiger partial charge >= 0.3 is 0 Å². The molecule has 101 valence electrons. The quantitative estimate of drug-likeness (QED) is 0.713. The second kappa shape index (κ2) is 15.1. The number of nitrogens with zero attached hydrogens (tertiary/aromatic N) is 2. The van der Waals surface area contributed by atoms with E-state index in [4.69, 9.17) is 0 Å². The van der Waals surface area contributed by atoms with E-state index < -0.39 is 0 Å². The van der Waals surface area contributed by atoms with Crippen LogP contribution in [0.3, 0.4) is 0 Å². The van der Waals surface area contributed by atoms with Gasteiger partial charge in [-0.05, 0) is 25.9 Å². The number of hydrogen-bond donors (Lipinski definition) is 0. The number of piperazine rings is 1. The van der Waals surface area contributed by atoms with Crippen molar-refractivity contribution in [3.63, 3.8) is 0 Å². The van der Waals surface area contributed by atoms with Crippen molar-refractivity contribution in [1.29, 1.82) is 0 Å². The zero-order chi connectivity index (χ0) is 12.2. The summed E-state index contributed by atoms with van der Waals surface area (Å²) in [6.45, 7) is 12.6. The smallest absolute Gasteiger partial charge is 0.00938 e. The molecule has 3 heteroatoms. The molecule has 2 aliphatic rings. The van der Waals surface area contributed by atoms with Crippen LogP contribution >= 0.6 is 0 Å². The summed E-state index contributed by atoms with van der Waals surface area (Å²) in [7, 11) is 0. The molecule has 1 radical (unpaired) electrons. The molecule has 0 aromatic heterocycles. The van der Waals surface area contributed by atoms with E-state index in [1.807, 2.05) is 27.7 Å². The number of hydrogen-bond acceptors (Lipinski definition) is 1. The third-order valence-corrected chi connectivity index (χ3v) is 3.18. The largest absolute Gasteiger partial charge is 0.660 e. The van der Waals surface area contributed by atoms with Crippen molar-refractivity contribution >= 4 is 0 Å². The Morgan fingerprint density at radius 3 is 1.76 bits per heavy atom. The van der Waals surface area contributed by atoms with Gasteiger partial charge in [-0.15, -0.1) is 13.1 Å². The Kier molecular flexibility index (Phi) is 18.0. The van der Waals surface area contributed by atoms with Gasteiger partial charge in [-0.3, -0.25) is 0 Å². The minimum absolute atomic E-state index is 0. The molecule has 0 aromatic carbocycles. The first-order chi connectivity index (χ1) is 7.97. The summed E-state index contributed by atoms with van der Waals surface area (Å²) in [4.78, 5) is 2.66. The first-order valence-electron chi connectivity index (χ1n) is 7.34. The molecule has 1 heterocycles. The topological polar surface area (TPSA) is 17.3 Å². The van der Waals surface area contributed by atoms with Gasteiger partial charge in [0.05, 0.1) is 0 Å². The van der Waals surface area contributed by atoms with Crippen molar-refractivity contribution in [2.45, 2.75) is 65.8 Å². The van der Waals surface area contributed by atoms with Crippen LogP contribution in [0, 0.1) is 0 Å². The van der Waals surface area contributed by atoms with Gasteiger partial charge in [0.15, 0.2) is 0 Å². The first-order valence-corrected chi connectivity index (χ1v) is 7.34. The van der Waals surface area contributed by atoms with Crippen LogP contribution < -0.4 is 0 Å². The maximum atomic E-state index is 4.38. The third-order valence-electron chi connectivity index (χ3n) is 3.18. The zero-order valence-corrected chi connectivity index (χ0v) is 15.3. The standard InChI is InChI=1S/C10H19N2.2C2H6.Y/c1-2-4-10(5-3-1)12-8-6-11-7-9-12;2*1-2;/h10H,1-9H2;2*1-2H3;/q-1;;;. The van der Waals surface area contributed by atoms with Gasteiger partial charge in [0, 0.05) is 38.8 Å². The van der Waals surface area contributed by atoms with Crippen molar-refractivity contribution in [2.75, 3.05) is 26.2 Å². The van der Waals surface area contributed by atoms with E-state index in [9.17, 15) is 0 Å². The second-order valence-electron chi connectivity index (χ2n) is 4.00. The predicted molar refractivity (Wildman–Crippen MR) is 74.2 cm³/mol. The van der Waals surface area contributed by atoms with Crippen LogP contribution in [0.5, 0.6) is 0 Å². The van der Waals surface area contributed by atoms with E-state index in [-0.39, 0.29) is 32.7 Å². The molecule has 0 spiro atoms. The van der Waals surface area contributed by atoms with Gasteiger partial charge in [0.25, 0.3) is 0 Å². The molecule has 0 N–H and O–H groups in total. The average Bonchev–Trinajstić information content (AvgIpc) is 2.45. The molecular formula is C14H31N2Y-. The number of rotatable bonds is 1. The van der Waals surface area contributed by atoms with Crippen molar-refractivity contribution in [3.8, 4) is 0 Å². The second-order valence-corrected chi connectivity index (χ2v) is 4.00. The first kappa shape index (κ1) is 20.3. The molecule has 2 rings (SSSR count). The Hall–Kier alpha value is 1.02. The Morgan fingerprint density at radius 1 is 0.824 bits per heavy atom. The van der Waals surface area contributed by atoms with Gasteiger partial charge in [0.1, 0.15) is 0 Å². The summed E-state index contributed by atoms with van der Waals surface area (Å²) in [5.74, 6) is 0. The van der Waals surface area contributed by atoms with E-state index >= 15 is 0 Å². The van der Waals surface area contributed by atoms with Gasteiger partial charge < -0.3 is 10.2 Å². The summed E-state index contributed by atoms with van der Waals surface area (Å²) in [6.07, 6.45) is 7.27. The Morgan fingerprint density at radius 2 is 1.29 bits per heavy atom. The van der Waals surface area contributed by atoms with Gasteiger partial charge in [-0.25, -0.2) is 0 Å². The molecule has 0 atom stereocenters. The molecule has 17 heavy (non-hydrogen) atoms. The van der Waals surface area contributed by atoms with E-state index in [0.29, 0.717) is 0 Å². The van der Waals surface area contributed by atoms with Gasteiger partial charge in [-0.1, -0.05) is 47.0 Å². The molecule has 1 saturated carbocycles. The Bertz CT molecular complexity index is 114. The fraction of sp³-hybridized carbons (Fsp3) is 1.00. The summed E-state index contributed by atoms with van der Waals surface area (Å²) in [6, 6.07) is 0.911. The van der Waals surface area contributed by atoms with Crippen molar-refractivity contribution in [3.05, 3.63) is 5.32 Å². The normalized spacial score (nSPS) is 21.2. The third kappa shape index (κ3) is 8.69. The molecule has 0 aromatic rings. The maximum absolute atomic E-state index is 4.38. The molecule has 0 unspecified atom stereocenters. The molecule has 1 aliphatic carbocycles. The van der Waals surface area contributed by atoms with Gasteiger partial charge in [-0.2, -0.15) is 0 Å².